The number of halogens is 1. The lowest BCUT2D eigenvalue weighted by Crippen LogP contribution is -2.51. The molecule has 2 aliphatic heterocycles. The van der Waals surface area contributed by atoms with E-state index in [4.69, 9.17) is 0 Å². The van der Waals surface area contributed by atoms with Crippen LogP contribution in [0, 0.1) is 17.7 Å². The van der Waals surface area contributed by atoms with E-state index in [1.807, 2.05) is 12.1 Å². The van der Waals surface area contributed by atoms with Crippen molar-refractivity contribution >= 4 is 23.3 Å². The van der Waals surface area contributed by atoms with Crippen LogP contribution in [-0.4, -0.2) is 61.3 Å². The van der Waals surface area contributed by atoms with Gasteiger partial charge in [-0.05, 0) is 120 Å². The number of rotatable bonds is 9. The van der Waals surface area contributed by atoms with Gasteiger partial charge in [-0.2, -0.15) is 0 Å². The molecule has 0 saturated carbocycles. The van der Waals surface area contributed by atoms with Crippen LogP contribution in [-0.2, 0) is 6.42 Å². The zero-order valence-corrected chi connectivity index (χ0v) is 22.4. The van der Waals surface area contributed by atoms with E-state index in [1.165, 1.54) is 44.4 Å². The topological polar surface area (TPSA) is 90.5 Å². The molecule has 0 radical (unpaired) electrons. The third kappa shape index (κ3) is 7.95. The number of nitrogens with one attached hydrogen (secondary N) is 3. The molecule has 2 aromatic rings. The molecule has 2 aliphatic rings. The summed E-state index contributed by atoms with van der Waals surface area (Å²) < 4.78 is 13.2. The molecule has 38 heavy (non-hydrogen) atoms. The van der Waals surface area contributed by atoms with Gasteiger partial charge in [-0.15, -0.1) is 0 Å². The van der Waals surface area contributed by atoms with E-state index in [2.05, 4.69) is 20.9 Å². The SMILES string of the molecule is CC(=O)c1cc(NC(=O)N[C@@H]2CCNC[C@@H]2CCN2CCC[C@@H](Cc3ccc(F)cc3)C2)cc(C(C)=O)c1. The molecule has 0 unspecified atom stereocenters. The van der Waals surface area contributed by atoms with Crippen LogP contribution in [0.15, 0.2) is 42.5 Å². The Kier molecular flexibility index (Phi) is 9.63. The maximum atomic E-state index is 13.2. The Bertz CT molecular complexity index is 1100. The maximum absolute atomic E-state index is 13.2. The number of Topliss-reactive ketones (excluding diaryl/α,β-unsaturated/α-hetero) is 2. The smallest absolute Gasteiger partial charge is 0.319 e. The Labute approximate surface area is 224 Å². The number of carbonyl (C=O) groups excluding carboxylic acids is 3. The second kappa shape index (κ2) is 13.1. The van der Waals surface area contributed by atoms with E-state index in [1.54, 1.807) is 18.2 Å². The Morgan fingerprint density at radius 3 is 2.42 bits per heavy atom. The minimum Gasteiger partial charge on any atom is -0.335 e. The molecule has 0 bridgehead atoms. The molecule has 204 valence electrons. The number of carbonyl (C=O) groups is 3. The number of benzene rings is 2. The van der Waals surface area contributed by atoms with Gasteiger partial charge in [0, 0.05) is 29.4 Å². The van der Waals surface area contributed by atoms with Gasteiger partial charge < -0.3 is 20.9 Å². The van der Waals surface area contributed by atoms with Gasteiger partial charge in [0.25, 0.3) is 0 Å². The first-order valence-electron chi connectivity index (χ1n) is 13.7. The minimum absolute atomic E-state index is 0.0410. The number of nitrogens with zero attached hydrogens (tertiary/aromatic N) is 1. The van der Waals surface area contributed by atoms with Crippen molar-refractivity contribution in [2.45, 2.75) is 52.0 Å². The molecule has 2 amide bonds. The summed E-state index contributed by atoms with van der Waals surface area (Å²) in [5.41, 5.74) is 2.42. The molecule has 8 heteroatoms. The normalized spacial score (nSPS) is 22.0. The number of amides is 2. The lowest BCUT2D eigenvalue weighted by Gasteiger charge is -2.37. The van der Waals surface area contributed by atoms with Crippen molar-refractivity contribution in [3.63, 3.8) is 0 Å². The summed E-state index contributed by atoms with van der Waals surface area (Å²) in [4.78, 5) is 39.2. The lowest BCUT2D eigenvalue weighted by atomic mass is 9.88. The third-order valence-electron chi connectivity index (χ3n) is 7.78. The predicted molar refractivity (Wildman–Crippen MR) is 147 cm³/mol. The van der Waals surface area contributed by atoms with Crippen LogP contribution in [0.4, 0.5) is 14.9 Å². The molecule has 3 N–H and O–H groups in total. The maximum Gasteiger partial charge on any atom is 0.319 e. The first-order valence-corrected chi connectivity index (χ1v) is 13.7. The van der Waals surface area contributed by atoms with Crippen LogP contribution in [0.25, 0.3) is 0 Å². The van der Waals surface area contributed by atoms with Gasteiger partial charge in [0.05, 0.1) is 0 Å². The van der Waals surface area contributed by atoms with Crippen molar-refractivity contribution in [3.05, 3.63) is 65.0 Å². The Morgan fingerprint density at radius 1 is 1.03 bits per heavy atom. The van der Waals surface area contributed by atoms with E-state index in [9.17, 15) is 18.8 Å². The van der Waals surface area contributed by atoms with Crippen molar-refractivity contribution < 1.29 is 18.8 Å². The fraction of sp³-hybridized carbons (Fsp3) is 0.500. The van der Waals surface area contributed by atoms with Gasteiger partial charge in [0.2, 0.25) is 0 Å². The number of piperidine rings is 2. The summed E-state index contributed by atoms with van der Waals surface area (Å²) in [5.74, 6) is 0.370. The van der Waals surface area contributed by atoms with Gasteiger partial charge in [0.15, 0.2) is 11.6 Å². The van der Waals surface area contributed by atoms with E-state index >= 15 is 0 Å². The highest BCUT2D eigenvalue weighted by Crippen LogP contribution is 2.23. The van der Waals surface area contributed by atoms with Crippen molar-refractivity contribution in [1.82, 2.24) is 15.5 Å². The molecular formula is C30H39FN4O3. The van der Waals surface area contributed by atoms with Crippen LogP contribution in [0.2, 0.25) is 0 Å². The molecule has 2 fully saturated rings. The van der Waals surface area contributed by atoms with Crippen LogP contribution < -0.4 is 16.0 Å². The number of hydrogen-bond donors (Lipinski definition) is 3. The summed E-state index contributed by atoms with van der Waals surface area (Å²) in [6.07, 6.45) is 5.16. The molecular weight excluding hydrogens is 483 g/mol. The average Bonchev–Trinajstić information content (AvgIpc) is 2.89. The van der Waals surface area contributed by atoms with Crippen LogP contribution in [0.3, 0.4) is 0 Å². The standard InChI is InChI=1S/C30H39FN4O3/c1-20(36)25-15-26(21(2)37)17-28(16-25)33-30(38)34-29-9-11-32-18-24(29)10-13-35-12-3-4-23(19-35)14-22-5-7-27(31)8-6-22/h5-8,15-17,23-24,29,32H,3-4,9-14,18-19H2,1-2H3,(H2,33,34,38)/t23-,24-,29+/m0/s1. The number of hydrogen-bond acceptors (Lipinski definition) is 5. The molecule has 0 aromatic heterocycles. The van der Waals surface area contributed by atoms with Gasteiger partial charge in [-0.25, -0.2) is 9.18 Å². The molecule has 2 heterocycles. The molecule has 0 aliphatic carbocycles. The predicted octanol–water partition coefficient (Wildman–Crippen LogP) is 4.68. The summed E-state index contributed by atoms with van der Waals surface area (Å²) in [7, 11) is 0. The first kappa shape index (κ1) is 27.9. The molecule has 7 nitrogen and oxygen atoms in total. The summed E-state index contributed by atoms with van der Waals surface area (Å²) in [6, 6.07) is 11.3. The molecule has 0 spiro atoms. The largest absolute Gasteiger partial charge is 0.335 e. The van der Waals surface area contributed by atoms with Gasteiger partial charge in [-0.3, -0.25) is 9.59 Å². The third-order valence-corrected chi connectivity index (χ3v) is 7.78. The van der Waals surface area contributed by atoms with Crippen molar-refractivity contribution in [2.24, 2.45) is 11.8 Å². The van der Waals surface area contributed by atoms with Crippen LogP contribution >= 0.6 is 0 Å². The molecule has 3 atom stereocenters. The fourth-order valence-corrected chi connectivity index (χ4v) is 5.68. The Balaban J connectivity index is 1.30. The van der Waals surface area contributed by atoms with Crippen LogP contribution in [0.5, 0.6) is 0 Å². The highest BCUT2D eigenvalue weighted by molar-refractivity contribution is 6.02. The first-order chi connectivity index (χ1) is 18.3. The number of anilines is 1. The Hall–Kier alpha value is -3.10. The van der Waals surface area contributed by atoms with Crippen LogP contribution in [0.1, 0.15) is 65.8 Å². The number of likely N-dealkylation sites (tertiary alicyclic amines) is 1. The van der Waals surface area contributed by atoms with E-state index in [-0.39, 0.29) is 29.5 Å². The van der Waals surface area contributed by atoms with E-state index in [0.29, 0.717) is 28.7 Å². The second-order valence-electron chi connectivity index (χ2n) is 10.8. The zero-order valence-electron chi connectivity index (χ0n) is 22.4. The Morgan fingerprint density at radius 2 is 1.74 bits per heavy atom. The monoisotopic (exact) mass is 522 g/mol. The zero-order chi connectivity index (χ0) is 27.1. The highest BCUT2D eigenvalue weighted by Gasteiger charge is 2.28. The van der Waals surface area contributed by atoms with Crippen molar-refractivity contribution in [3.8, 4) is 0 Å². The second-order valence-corrected chi connectivity index (χ2v) is 10.8. The quantitative estimate of drug-likeness (QED) is 0.416. The summed E-state index contributed by atoms with van der Waals surface area (Å²) in [6.45, 7) is 7.69. The van der Waals surface area contributed by atoms with E-state index in [0.717, 1.165) is 52.0 Å². The average molecular weight is 523 g/mol. The van der Waals surface area contributed by atoms with Gasteiger partial charge in [-0.1, -0.05) is 12.1 Å². The van der Waals surface area contributed by atoms with Gasteiger partial charge in [0.1, 0.15) is 5.82 Å². The minimum atomic E-state index is -0.325. The lowest BCUT2D eigenvalue weighted by molar-refractivity contribution is 0.101. The fourth-order valence-electron chi connectivity index (χ4n) is 5.68. The van der Waals surface area contributed by atoms with Gasteiger partial charge >= 0.3 is 6.03 Å². The molecule has 4 rings (SSSR count). The van der Waals surface area contributed by atoms with Crippen molar-refractivity contribution in [2.75, 3.05) is 38.0 Å². The highest BCUT2D eigenvalue weighted by atomic mass is 19.1. The summed E-state index contributed by atoms with van der Waals surface area (Å²) in [5, 5.41) is 9.43. The number of urea groups is 1. The van der Waals surface area contributed by atoms with E-state index < -0.39 is 0 Å². The molecule has 2 aromatic carbocycles. The summed E-state index contributed by atoms with van der Waals surface area (Å²) >= 11 is 0. The van der Waals surface area contributed by atoms with Crippen molar-refractivity contribution in [1.29, 1.82) is 0 Å². The molecule has 2 saturated heterocycles. The number of ketones is 2.